The number of hydrogen-bond acceptors (Lipinski definition) is 3. The first-order valence-corrected chi connectivity index (χ1v) is 9.27. The van der Waals surface area contributed by atoms with Crippen molar-refractivity contribution in [2.75, 3.05) is 26.2 Å². The molecule has 0 saturated carbocycles. The molecular formula is C20H29F3N2O3. The average Bonchev–Trinajstić information content (AvgIpc) is 2.56. The first kappa shape index (κ1) is 23.8. The van der Waals surface area contributed by atoms with Crippen molar-refractivity contribution in [2.45, 2.75) is 46.7 Å². The Hall–Kier alpha value is -2.25. The van der Waals surface area contributed by atoms with Gasteiger partial charge in [-0.1, -0.05) is 32.9 Å². The van der Waals surface area contributed by atoms with Crippen molar-refractivity contribution in [2.24, 2.45) is 5.41 Å². The molecule has 28 heavy (non-hydrogen) atoms. The number of para-hydroxylation sites is 1. The minimum atomic E-state index is -4.45. The van der Waals surface area contributed by atoms with Gasteiger partial charge in [0, 0.05) is 19.5 Å². The zero-order chi connectivity index (χ0) is 21.4. The summed E-state index contributed by atoms with van der Waals surface area (Å²) >= 11 is 0. The van der Waals surface area contributed by atoms with E-state index >= 15 is 0 Å². The normalized spacial score (nSPS) is 11.8. The quantitative estimate of drug-likeness (QED) is 0.635. The number of ether oxygens (including phenoxy) is 1. The lowest BCUT2D eigenvalue weighted by molar-refractivity contribution is -0.163. The summed E-state index contributed by atoms with van der Waals surface area (Å²) < 4.78 is 43.7. The third kappa shape index (κ3) is 9.10. The molecule has 0 bridgehead atoms. The molecule has 0 aliphatic carbocycles. The number of rotatable bonds is 9. The zero-order valence-corrected chi connectivity index (χ0v) is 16.9. The predicted molar refractivity (Wildman–Crippen MR) is 101 cm³/mol. The van der Waals surface area contributed by atoms with Gasteiger partial charge in [-0.3, -0.25) is 9.59 Å². The Kier molecular flexibility index (Phi) is 8.78. The summed E-state index contributed by atoms with van der Waals surface area (Å²) in [4.78, 5) is 25.3. The van der Waals surface area contributed by atoms with Gasteiger partial charge in [0.05, 0.1) is 12.2 Å². The van der Waals surface area contributed by atoms with Gasteiger partial charge in [0.25, 0.3) is 5.91 Å². The van der Waals surface area contributed by atoms with Gasteiger partial charge in [-0.05, 0) is 30.9 Å². The van der Waals surface area contributed by atoms with Crippen LogP contribution in [-0.4, -0.2) is 49.1 Å². The smallest absolute Gasteiger partial charge is 0.406 e. The number of benzene rings is 1. The van der Waals surface area contributed by atoms with Crippen LogP contribution >= 0.6 is 0 Å². The molecule has 5 nitrogen and oxygen atoms in total. The van der Waals surface area contributed by atoms with Crippen molar-refractivity contribution in [3.63, 3.8) is 0 Å². The maximum Gasteiger partial charge on any atom is 0.406 e. The molecule has 8 heteroatoms. The van der Waals surface area contributed by atoms with Gasteiger partial charge in [-0.25, -0.2) is 0 Å². The van der Waals surface area contributed by atoms with Crippen LogP contribution in [0.1, 0.15) is 50.9 Å². The van der Waals surface area contributed by atoms with Crippen LogP contribution in [0.4, 0.5) is 13.2 Å². The predicted octanol–water partition coefficient (Wildman–Crippen LogP) is 4.03. The largest absolute Gasteiger partial charge is 0.493 e. The minimum absolute atomic E-state index is 0.0133. The molecule has 2 amide bonds. The summed E-state index contributed by atoms with van der Waals surface area (Å²) in [6.07, 6.45) is -4.27. The van der Waals surface area contributed by atoms with Crippen LogP contribution in [0.25, 0.3) is 0 Å². The number of amides is 2. The third-order valence-corrected chi connectivity index (χ3v) is 3.67. The lowest BCUT2D eigenvalue weighted by atomic mass is 9.96. The van der Waals surface area contributed by atoms with Gasteiger partial charge in [-0.15, -0.1) is 0 Å². The monoisotopic (exact) mass is 402 g/mol. The number of nitrogens with zero attached hydrogens (tertiary/aromatic N) is 1. The lowest BCUT2D eigenvalue weighted by Crippen LogP contribution is -2.43. The van der Waals surface area contributed by atoms with Crippen molar-refractivity contribution in [1.29, 1.82) is 0 Å². The Labute approximate surface area is 164 Å². The molecule has 0 aromatic heterocycles. The van der Waals surface area contributed by atoms with Crippen LogP contribution in [0.2, 0.25) is 0 Å². The van der Waals surface area contributed by atoms with Crippen LogP contribution in [0.15, 0.2) is 24.3 Å². The van der Waals surface area contributed by atoms with E-state index in [-0.39, 0.29) is 31.8 Å². The fourth-order valence-corrected chi connectivity index (χ4v) is 2.65. The molecule has 0 spiro atoms. The fourth-order valence-electron chi connectivity index (χ4n) is 2.65. The number of carbonyl (C=O) groups excluding carboxylic acids is 2. The Morgan fingerprint density at radius 1 is 1.11 bits per heavy atom. The van der Waals surface area contributed by atoms with Crippen molar-refractivity contribution in [3.8, 4) is 5.75 Å². The second-order valence-corrected chi connectivity index (χ2v) is 7.71. The fraction of sp³-hybridized carbons (Fsp3) is 0.600. The van der Waals surface area contributed by atoms with Crippen molar-refractivity contribution in [1.82, 2.24) is 10.2 Å². The van der Waals surface area contributed by atoms with Crippen molar-refractivity contribution >= 4 is 11.8 Å². The molecule has 1 rings (SSSR count). The molecule has 0 aliphatic heterocycles. The SMILES string of the molecule is CCOc1ccccc1C(=O)NCCCC(=O)N(CC(C)(C)C)CC(F)(F)F. The Morgan fingerprint density at radius 3 is 2.32 bits per heavy atom. The van der Waals surface area contributed by atoms with E-state index in [0.29, 0.717) is 17.9 Å². The summed E-state index contributed by atoms with van der Waals surface area (Å²) in [6, 6.07) is 6.77. The second-order valence-electron chi connectivity index (χ2n) is 7.71. The standard InChI is InChI=1S/C20H29F3N2O3/c1-5-28-16-10-7-6-9-15(16)18(27)24-12-8-11-17(26)25(13-19(2,3)4)14-20(21,22)23/h6-7,9-10H,5,8,11-14H2,1-4H3,(H,24,27). The molecule has 1 aromatic carbocycles. The number of nitrogens with one attached hydrogen (secondary N) is 1. The number of alkyl halides is 3. The highest BCUT2D eigenvalue weighted by molar-refractivity contribution is 5.96. The van der Waals surface area contributed by atoms with E-state index in [1.807, 2.05) is 6.92 Å². The summed E-state index contributed by atoms with van der Waals surface area (Å²) in [6.45, 7) is 6.49. The number of halogens is 3. The molecule has 0 heterocycles. The average molecular weight is 402 g/mol. The maximum atomic E-state index is 12.8. The first-order valence-electron chi connectivity index (χ1n) is 9.27. The van der Waals surface area contributed by atoms with E-state index < -0.39 is 24.0 Å². The zero-order valence-electron chi connectivity index (χ0n) is 16.9. The summed E-state index contributed by atoms with van der Waals surface area (Å²) in [5.41, 5.74) is -0.0694. The topological polar surface area (TPSA) is 58.6 Å². The van der Waals surface area contributed by atoms with E-state index in [9.17, 15) is 22.8 Å². The Balaban J connectivity index is 2.56. The van der Waals surface area contributed by atoms with Gasteiger partial charge in [-0.2, -0.15) is 13.2 Å². The minimum Gasteiger partial charge on any atom is -0.493 e. The third-order valence-electron chi connectivity index (χ3n) is 3.67. The van der Waals surface area contributed by atoms with Crippen LogP contribution in [-0.2, 0) is 4.79 Å². The van der Waals surface area contributed by atoms with Crippen LogP contribution < -0.4 is 10.1 Å². The van der Waals surface area contributed by atoms with Crippen LogP contribution in [0, 0.1) is 5.41 Å². The van der Waals surface area contributed by atoms with Crippen molar-refractivity contribution < 1.29 is 27.5 Å². The Bertz CT molecular complexity index is 639. The Morgan fingerprint density at radius 2 is 1.75 bits per heavy atom. The van der Waals surface area contributed by atoms with Gasteiger partial charge < -0.3 is 15.0 Å². The molecule has 1 N–H and O–H groups in total. The molecule has 0 unspecified atom stereocenters. The highest BCUT2D eigenvalue weighted by atomic mass is 19.4. The highest BCUT2D eigenvalue weighted by Crippen LogP contribution is 2.22. The van der Waals surface area contributed by atoms with Gasteiger partial charge in [0.1, 0.15) is 12.3 Å². The summed E-state index contributed by atoms with van der Waals surface area (Å²) in [7, 11) is 0. The molecule has 158 valence electrons. The van der Waals surface area contributed by atoms with Gasteiger partial charge in [0.15, 0.2) is 0 Å². The van der Waals surface area contributed by atoms with Gasteiger partial charge in [0.2, 0.25) is 5.91 Å². The summed E-state index contributed by atoms with van der Waals surface area (Å²) in [5, 5.41) is 2.68. The van der Waals surface area contributed by atoms with Crippen LogP contribution in [0.5, 0.6) is 5.75 Å². The van der Waals surface area contributed by atoms with E-state index in [0.717, 1.165) is 4.90 Å². The number of carbonyl (C=O) groups is 2. The molecule has 0 saturated heterocycles. The molecule has 0 radical (unpaired) electrons. The maximum absolute atomic E-state index is 12.8. The van der Waals surface area contributed by atoms with E-state index in [1.165, 1.54) is 0 Å². The van der Waals surface area contributed by atoms with Crippen molar-refractivity contribution in [3.05, 3.63) is 29.8 Å². The highest BCUT2D eigenvalue weighted by Gasteiger charge is 2.34. The molecule has 1 aromatic rings. The molecule has 0 atom stereocenters. The van der Waals surface area contributed by atoms with E-state index in [2.05, 4.69) is 5.32 Å². The molecular weight excluding hydrogens is 373 g/mol. The van der Waals surface area contributed by atoms with E-state index in [1.54, 1.807) is 45.0 Å². The first-order chi connectivity index (χ1) is 12.9. The second kappa shape index (κ2) is 10.3. The summed E-state index contributed by atoms with van der Waals surface area (Å²) in [5.74, 6) is -0.463. The lowest BCUT2D eigenvalue weighted by Gasteiger charge is -2.30. The number of hydrogen-bond donors (Lipinski definition) is 1. The van der Waals surface area contributed by atoms with E-state index in [4.69, 9.17) is 4.74 Å². The van der Waals surface area contributed by atoms with Gasteiger partial charge >= 0.3 is 6.18 Å². The van der Waals surface area contributed by atoms with Crippen LogP contribution in [0.3, 0.4) is 0 Å². The molecule has 0 aliphatic rings. The molecule has 0 fully saturated rings.